The predicted octanol–water partition coefficient (Wildman–Crippen LogP) is 0.741. The van der Waals surface area contributed by atoms with Crippen molar-refractivity contribution in [1.29, 1.82) is 0 Å². The van der Waals surface area contributed by atoms with E-state index < -0.39 is 6.17 Å². The molecule has 96 valence electrons. The van der Waals surface area contributed by atoms with E-state index >= 15 is 0 Å². The molecule has 1 fully saturated rings. The van der Waals surface area contributed by atoms with Crippen LogP contribution in [-0.4, -0.2) is 44.2 Å². The quantitative estimate of drug-likeness (QED) is 0.807. The number of ether oxygens (including phenoxy) is 1. The first-order valence-electron chi connectivity index (χ1n) is 5.84. The summed E-state index contributed by atoms with van der Waals surface area (Å²) in [6, 6.07) is -0.356. The van der Waals surface area contributed by atoms with Gasteiger partial charge in [-0.05, 0) is 12.5 Å². The minimum atomic E-state index is -1.01. The molecule has 7 heteroatoms. The predicted molar refractivity (Wildman–Crippen MR) is 60.8 cm³/mol. The Kier molecular flexibility index (Phi) is 2.83. The maximum absolute atomic E-state index is 13.5. The third-order valence-electron chi connectivity index (χ3n) is 2.97. The van der Waals surface area contributed by atoms with E-state index in [1.165, 1.54) is 0 Å². The number of nitrogens with zero attached hydrogens (tertiary/aromatic N) is 5. The second kappa shape index (κ2) is 4.49. The van der Waals surface area contributed by atoms with Crippen LogP contribution in [0.3, 0.4) is 0 Å². The van der Waals surface area contributed by atoms with Crippen LogP contribution in [0.1, 0.15) is 17.3 Å². The average molecular weight is 251 g/mol. The van der Waals surface area contributed by atoms with Gasteiger partial charge in [0.15, 0.2) is 0 Å². The van der Waals surface area contributed by atoms with Gasteiger partial charge in [0.1, 0.15) is 17.9 Å². The van der Waals surface area contributed by atoms with Crippen molar-refractivity contribution in [1.82, 2.24) is 24.8 Å². The van der Waals surface area contributed by atoms with Gasteiger partial charge in [-0.1, -0.05) is 5.21 Å². The number of alkyl halides is 1. The first-order chi connectivity index (χ1) is 8.72. The Morgan fingerprint density at radius 3 is 3.00 bits per heavy atom. The van der Waals surface area contributed by atoms with Crippen molar-refractivity contribution in [2.24, 2.45) is 0 Å². The molecule has 6 nitrogen and oxygen atoms in total. The van der Waals surface area contributed by atoms with E-state index in [0.29, 0.717) is 13.2 Å². The summed E-state index contributed by atoms with van der Waals surface area (Å²) >= 11 is 0. The molecule has 1 aliphatic heterocycles. The summed E-state index contributed by atoms with van der Waals surface area (Å²) in [5.41, 5.74) is 1.85. The molecule has 18 heavy (non-hydrogen) atoms. The Morgan fingerprint density at radius 2 is 2.33 bits per heavy atom. The highest BCUT2D eigenvalue weighted by Crippen LogP contribution is 2.21. The number of halogens is 1. The molecule has 2 aromatic rings. The largest absolute Gasteiger partial charge is 0.376 e. The highest BCUT2D eigenvalue weighted by molar-refractivity contribution is 5.02. The lowest BCUT2D eigenvalue weighted by molar-refractivity contribution is 0.172. The zero-order chi connectivity index (χ0) is 12.5. The molecule has 2 aromatic heterocycles. The van der Waals surface area contributed by atoms with Crippen molar-refractivity contribution in [2.45, 2.75) is 25.7 Å². The first kappa shape index (κ1) is 11.3. The number of aromatic nitrogens is 5. The van der Waals surface area contributed by atoms with Crippen LogP contribution in [0.25, 0.3) is 0 Å². The highest BCUT2D eigenvalue weighted by Gasteiger charge is 2.30. The molecule has 0 N–H and O–H groups in total. The molecule has 0 spiro atoms. The second-order valence-electron chi connectivity index (χ2n) is 4.53. The molecule has 0 unspecified atom stereocenters. The van der Waals surface area contributed by atoms with Crippen molar-refractivity contribution in [2.75, 3.05) is 13.2 Å². The highest BCUT2D eigenvalue weighted by atomic mass is 19.1. The number of hydrogen-bond donors (Lipinski definition) is 0. The smallest absolute Gasteiger partial charge is 0.148 e. The summed E-state index contributed by atoms with van der Waals surface area (Å²) < 4.78 is 21.9. The van der Waals surface area contributed by atoms with Crippen LogP contribution in [0, 0.1) is 6.92 Å². The van der Waals surface area contributed by atoms with Crippen LogP contribution in [0.4, 0.5) is 4.39 Å². The molecule has 0 radical (unpaired) electrons. The lowest BCUT2D eigenvalue weighted by Gasteiger charge is -2.09. The molecule has 3 heterocycles. The lowest BCUT2D eigenvalue weighted by atomic mass is 10.2. The summed E-state index contributed by atoms with van der Waals surface area (Å²) in [5, 5.41) is 12.2. The molecule has 0 bridgehead atoms. The van der Waals surface area contributed by atoms with E-state index in [1.54, 1.807) is 21.8 Å². The molecule has 0 saturated carbocycles. The summed E-state index contributed by atoms with van der Waals surface area (Å²) in [6.45, 7) is 3.01. The Morgan fingerprint density at radius 1 is 1.44 bits per heavy atom. The maximum Gasteiger partial charge on any atom is 0.148 e. The van der Waals surface area contributed by atoms with Crippen LogP contribution in [-0.2, 0) is 11.3 Å². The fourth-order valence-electron chi connectivity index (χ4n) is 2.03. The van der Waals surface area contributed by atoms with E-state index in [-0.39, 0.29) is 12.6 Å². The van der Waals surface area contributed by atoms with E-state index in [0.717, 1.165) is 11.3 Å². The maximum atomic E-state index is 13.5. The number of aryl methyl sites for hydroxylation is 1. The molecule has 3 rings (SSSR count). The van der Waals surface area contributed by atoms with Gasteiger partial charge in [0.2, 0.25) is 0 Å². The molecule has 1 aliphatic rings. The summed E-state index contributed by atoms with van der Waals surface area (Å²) in [4.78, 5) is 0. The lowest BCUT2D eigenvalue weighted by Crippen LogP contribution is -2.19. The fourth-order valence-corrected chi connectivity index (χ4v) is 2.03. The van der Waals surface area contributed by atoms with Crippen LogP contribution in [0.5, 0.6) is 0 Å². The minimum absolute atomic E-state index is 0.137. The summed E-state index contributed by atoms with van der Waals surface area (Å²) in [5.74, 6) is 0. The van der Waals surface area contributed by atoms with E-state index in [2.05, 4.69) is 15.4 Å². The van der Waals surface area contributed by atoms with Crippen LogP contribution in [0.15, 0.2) is 18.6 Å². The zero-order valence-corrected chi connectivity index (χ0v) is 10.0. The first-order valence-corrected chi connectivity index (χ1v) is 5.84. The SMILES string of the molecule is Cc1cnn(Cc2cn([C@@H]3COC[C@@H]3F)nn2)c1. The van der Waals surface area contributed by atoms with Crippen molar-refractivity contribution in [3.63, 3.8) is 0 Å². The van der Waals surface area contributed by atoms with Crippen LogP contribution in [0.2, 0.25) is 0 Å². The monoisotopic (exact) mass is 251 g/mol. The summed E-state index contributed by atoms with van der Waals surface area (Å²) in [6.07, 6.45) is 4.46. The molecular formula is C11H14FN5O. The zero-order valence-electron chi connectivity index (χ0n) is 10.0. The van der Waals surface area contributed by atoms with Crippen molar-refractivity contribution in [3.05, 3.63) is 29.8 Å². The summed E-state index contributed by atoms with van der Waals surface area (Å²) in [7, 11) is 0. The van der Waals surface area contributed by atoms with Gasteiger partial charge in [-0.2, -0.15) is 5.10 Å². The van der Waals surface area contributed by atoms with E-state index in [4.69, 9.17) is 4.74 Å². The molecule has 0 aliphatic carbocycles. The average Bonchev–Trinajstić information content (AvgIpc) is 3.02. The molecule has 0 aromatic carbocycles. The number of hydrogen-bond acceptors (Lipinski definition) is 4. The molecular weight excluding hydrogens is 237 g/mol. The van der Waals surface area contributed by atoms with Crippen LogP contribution >= 0.6 is 0 Å². The van der Waals surface area contributed by atoms with Gasteiger partial charge in [-0.3, -0.25) is 4.68 Å². The fraction of sp³-hybridized carbons (Fsp3) is 0.545. The minimum Gasteiger partial charge on any atom is -0.376 e. The van der Waals surface area contributed by atoms with E-state index in [1.807, 2.05) is 13.1 Å². The van der Waals surface area contributed by atoms with Crippen molar-refractivity contribution < 1.29 is 9.13 Å². The van der Waals surface area contributed by atoms with Crippen LogP contribution < -0.4 is 0 Å². The van der Waals surface area contributed by atoms with E-state index in [9.17, 15) is 4.39 Å². The Bertz CT molecular complexity index is 537. The normalized spacial score (nSPS) is 23.7. The topological polar surface area (TPSA) is 57.8 Å². The molecule has 2 atom stereocenters. The third kappa shape index (κ3) is 2.13. The van der Waals surface area contributed by atoms with Gasteiger partial charge < -0.3 is 4.74 Å². The van der Waals surface area contributed by atoms with Gasteiger partial charge in [0.05, 0.1) is 32.2 Å². The number of rotatable bonds is 3. The van der Waals surface area contributed by atoms with Gasteiger partial charge in [-0.15, -0.1) is 5.10 Å². The third-order valence-corrected chi connectivity index (χ3v) is 2.97. The molecule has 0 amide bonds. The Balaban J connectivity index is 1.73. The second-order valence-corrected chi connectivity index (χ2v) is 4.53. The Hall–Kier alpha value is -1.76. The molecule has 1 saturated heterocycles. The Labute approximate surface area is 103 Å². The van der Waals surface area contributed by atoms with Gasteiger partial charge in [-0.25, -0.2) is 9.07 Å². The van der Waals surface area contributed by atoms with Gasteiger partial charge in [0.25, 0.3) is 0 Å². The standard InChI is InChI=1S/C11H14FN5O/c1-8-2-13-16(3-8)4-9-5-17(15-14-9)11-7-18-6-10(11)12/h2-3,5,10-11H,4,6-7H2,1H3/t10-,11+/m0/s1. The van der Waals surface area contributed by atoms with Crippen molar-refractivity contribution >= 4 is 0 Å². The van der Waals surface area contributed by atoms with Gasteiger partial charge >= 0.3 is 0 Å². The van der Waals surface area contributed by atoms with Crippen molar-refractivity contribution in [3.8, 4) is 0 Å². The van der Waals surface area contributed by atoms with Gasteiger partial charge in [0, 0.05) is 6.20 Å².